The number of allylic oxidation sites excluding steroid dienone is 4. The van der Waals surface area contributed by atoms with Crippen LogP contribution in [-0.2, 0) is 25.7 Å². The summed E-state index contributed by atoms with van der Waals surface area (Å²) in [5.74, 6) is -3.27. The van der Waals surface area contributed by atoms with Crippen LogP contribution in [-0.4, -0.2) is 47.6 Å². The molecule has 3 aliphatic carbocycles. The number of hydrogen-bond acceptors (Lipinski definition) is 7. The van der Waals surface area contributed by atoms with Crippen molar-refractivity contribution in [3.05, 3.63) is 76.4 Å². The number of carbonyl (C=O) groups is 4. The van der Waals surface area contributed by atoms with Crippen LogP contribution < -0.4 is 9.47 Å². The van der Waals surface area contributed by atoms with Gasteiger partial charge in [0.25, 0.3) is 0 Å². The lowest BCUT2D eigenvalue weighted by atomic mass is 9.46. The van der Waals surface area contributed by atoms with Gasteiger partial charge in [0.2, 0.25) is 17.6 Å². The zero-order chi connectivity index (χ0) is 30.1. The van der Waals surface area contributed by atoms with E-state index in [2.05, 4.69) is 0 Å². The fraction of sp³-hybridized carbons (Fsp3) is 0.412. The Morgan fingerprint density at radius 2 is 1.57 bits per heavy atom. The van der Waals surface area contributed by atoms with Crippen molar-refractivity contribution < 1.29 is 33.8 Å². The van der Waals surface area contributed by atoms with Gasteiger partial charge in [0.15, 0.2) is 23.1 Å². The molecule has 0 unspecified atom stereocenters. The molecule has 4 aliphatic rings. The quantitative estimate of drug-likeness (QED) is 0.409. The number of nitrogens with zero attached hydrogens (tertiary/aromatic N) is 1. The third-order valence-electron chi connectivity index (χ3n) is 10.3. The number of amides is 2. The number of phenols is 1. The second kappa shape index (κ2) is 9.96. The fourth-order valence-electron chi connectivity index (χ4n) is 8.03. The van der Waals surface area contributed by atoms with Gasteiger partial charge in [-0.3, -0.25) is 24.1 Å². The molecule has 1 saturated carbocycles. The highest BCUT2D eigenvalue weighted by atomic mass is 16.5. The predicted molar refractivity (Wildman–Crippen MR) is 154 cm³/mol. The highest BCUT2D eigenvalue weighted by Crippen LogP contribution is 2.63. The Morgan fingerprint density at radius 3 is 2.19 bits per heavy atom. The van der Waals surface area contributed by atoms with Gasteiger partial charge in [-0.2, -0.15) is 0 Å². The molecule has 2 aromatic rings. The summed E-state index contributed by atoms with van der Waals surface area (Å²) in [6, 6.07) is 12.8. The number of rotatable bonds is 5. The molecule has 2 amide bonds. The summed E-state index contributed by atoms with van der Waals surface area (Å²) in [7, 11) is 2.87. The second-order valence-electron chi connectivity index (χ2n) is 12.1. The Bertz CT molecular complexity index is 1560. The van der Waals surface area contributed by atoms with Crippen LogP contribution >= 0.6 is 0 Å². The molecule has 0 spiro atoms. The number of hydrogen-bond donors (Lipinski definition) is 1. The number of benzene rings is 2. The van der Waals surface area contributed by atoms with E-state index in [0.29, 0.717) is 29.6 Å². The summed E-state index contributed by atoms with van der Waals surface area (Å²) in [4.78, 5) is 57.2. The van der Waals surface area contributed by atoms with Gasteiger partial charge in [-0.1, -0.05) is 48.9 Å². The van der Waals surface area contributed by atoms with Crippen LogP contribution in [0.3, 0.4) is 0 Å². The van der Waals surface area contributed by atoms with Gasteiger partial charge < -0.3 is 14.6 Å². The maximum atomic E-state index is 14.2. The molecular weight excluding hydrogens is 534 g/mol. The number of ketones is 2. The lowest BCUT2D eigenvalue weighted by Crippen LogP contribution is -2.55. The van der Waals surface area contributed by atoms with Crippen molar-refractivity contribution in [2.24, 2.45) is 29.1 Å². The van der Waals surface area contributed by atoms with Crippen LogP contribution in [0.1, 0.15) is 50.7 Å². The van der Waals surface area contributed by atoms with Crippen molar-refractivity contribution >= 4 is 23.4 Å². The largest absolute Gasteiger partial charge is 0.502 e. The molecule has 218 valence electrons. The first-order chi connectivity index (χ1) is 20.0. The Balaban J connectivity index is 1.51. The minimum Gasteiger partial charge on any atom is -0.502 e. The maximum Gasteiger partial charge on any atom is 0.234 e. The molecule has 8 heteroatoms. The monoisotopic (exact) mass is 569 g/mol. The first kappa shape index (κ1) is 27.9. The van der Waals surface area contributed by atoms with E-state index in [4.69, 9.17) is 9.47 Å². The number of Topliss-reactive ketones (excluding diaryl/α,β-unsaturated/α-hetero) is 2. The minimum absolute atomic E-state index is 0.101. The normalized spacial score (nSPS) is 30.5. The number of likely N-dealkylation sites (tertiary alicyclic amines) is 1. The predicted octanol–water partition coefficient (Wildman–Crippen LogP) is 4.76. The number of carbonyl (C=O) groups excluding carboxylic acids is 4. The molecule has 8 nitrogen and oxygen atoms in total. The molecule has 0 radical (unpaired) electrons. The lowest BCUT2D eigenvalue weighted by molar-refractivity contribution is -0.143. The summed E-state index contributed by atoms with van der Waals surface area (Å²) in [6.07, 6.45) is 2.69. The summed E-state index contributed by atoms with van der Waals surface area (Å²) in [6.45, 7) is 5.43. The average Bonchev–Trinajstić information content (AvgIpc) is 3.24. The minimum atomic E-state index is -1.14. The first-order valence-electron chi connectivity index (χ1n) is 14.3. The second-order valence-corrected chi connectivity index (χ2v) is 12.1. The Labute approximate surface area is 245 Å². The Hall–Kier alpha value is -4.20. The third-order valence-corrected chi connectivity index (χ3v) is 10.3. The molecular formula is C34H35NO7. The molecule has 1 saturated heterocycles. The maximum absolute atomic E-state index is 14.2. The molecule has 1 aliphatic heterocycles. The smallest absolute Gasteiger partial charge is 0.234 e. The number of ether oxygens (including phenoxy) is 2. The van der Waals surface area contributed by atoms with E-state index in [1.807, 2.05) is 43.3 Å². The molecule has 2 aromatic carbocycles. The molecule has 42 heavy (non-hydrogen) atoms. The summed E-state index contributed by atoms with van der Waals surface area (Å²) >= 11 is 0. The van der Waals surface area contributed by atoms with Crippen LogP contribution in [0.5, 0.6) is 17.2 Å². The Morgan fingerprint density at radius 1 is 0.929 bits per heavy atom. The fourth-order valence-corrected chi connectivity index (χ4v) is 8.03. The van der Waals surface area contributed by atoms with Gasteiger partial charge >= 0.3 is 0 Å². The van der Waals surface area contributed by atoms with Gasteiger partial charge in [0.1, 0.15) is 0 Å². The third kappa shape index (κ3) is 3.80. The van der Waals surface area contributed by atoms with E-state index >= 15 is 0 Å². The van der Waals surface area contributed by atoms with Crippen molar-refractivity contribution in [1.29, 1.82) is 0 Å². The number of phenolic OH excluding ortho intramolecular Hbond substituents is 1. The van der Waals surface area contributed by atoms with Gasteiger partial charge in [-0.05, 0) is 67.0 Å². The van der Waals surface area contributed by atoms with E-state index < -0.39 is 35.0 Å². The topological polar surface area (TPSA) is 110 Å². The van der Waals surface area contributed by atoms with Crippen molar-refractivity contribution in [3.63, 3.8) is 0 Å². The zero-order valence-corrected chi connectivity index (χ0v) is 24.5. The molecule has 6 atom stereocenters. The van der Waals surface area contributed by atoms with Crippen molar-refractivity contribution in [1.82, 2.24) is 4.90 Å². The van der Waals surface area contributed by atoms with E-state index in [1.54, 1.807) is 26.0 Å². The van der Waals surface area contributed by atoms with E-state index in [-0.39, 0.29) is 47.2 Å². The van der Waals surface area contributed by atoms with Gasteiger partial charge in [-0.15, -0.1) is 0 Å². The van der Waals surface area contributed by atoms with E-state index in [9.17, 15) is 24.3 Å². The summed E-state index contributed by atoms with van der Waals surface area (Å²) in [5.41, 5.74) is 2.14. The molecule has 0 aromatic heterocycles. The first-order valence-corrected chi connectivity index (χ1v) is 14.3. The van der Waals surface area contributed by atoms with Crippen molar-refractivity contribution in [2.75, 3.05) is 14.2 Å². The standard InChI is InChI=1S/C34H35NO7/c1-17-18(2)31(38)34(3)24(29(17)36)15-23-21(28(34)20-13-25(41-4)30(37)26(14-20)42-5)11-12-22-27(23)33(40)35(32(22)39)16-19-9-7-6-8-10-19/h6-11,13-14,22-24,27-28,37H,12,15-16H2,1-5H3/t22-,23+,24-,27-,28-,34+/m0/s1. The van der Waals surface area contributed by atoms with Gasteiger partial charge in [0, 0.05) is 11.8 Å². The zero-order valence-electron chi connectivity index (χ0n) is 24.5. The number of methoxy groups -OCH3 is 2. The van der Waals surface area contributed by atoms with Gasteiger partial charge in [0.05, 0.1) is 38.0 Å². The number of aromatic hydroxyl groups is 1. The lowest BCUT2D eigenvalue weighted by Gasteiger charge is -2.54. The van der Waals surface area contributed by atoms with Crippen molar-refractivity contribution in [2.45, 2.75) is 46.1 Å². The molecule has 1 N–H and O–H groups in total. The van der Waals surface area contributed by atoms with Gasteiger partial charge in [-0.25, -0.2) is 0 Å². The van der Waals surface area contributed by atoms with E-state index in [0.717, 1.165) is 11.1 Å². The Kier molecular flexibility index (Phi) is 6.63. The van der Waals surface area contributed by atoms with Crippen LogP contribution in [0.25, 0.3) is 0 Å². The van der Waals surface area contributed by atoms with Crippen LogP contribution in [0.4, 0.5) is 0 Å². The highest BCUT2D eigenvalue weighted by Gasteiger charge is 2.64. The highest BCUT2D eigenvalue weighted by molar-refractivity contribution is 6.16. The number of imide groups is 1. The molecule has 0 bridgehead atoms. The average molecular weight is 570 g/mol. The van der Waals surface area contributed by atoms with E-state index in [1.165, 1.54) is 19.1 Å². The van der Waals surface area contributed by atoms with Crippen molar-refractivity contribution in [3.8, 4) is 17.2 Å². The number of fused-ring (bicyclic) bond motifs is 4. The summed E-state index contributed by atoms with van der Waals surface area (Å²) in [5, 5.41) is 10.7. The van der Waals surface area contributed by atoms with Crippen LogP contribution in [0, 0.1) is 29.1 Å². The van der Waals surface area contributed by atoms with Crippen LogP contribution in [0.15, 0.2) is 65.3 Å². The van der Waals surface area contributed by atoms with Crippen LogP contribution in [0.2, 0.25) is 0 Å². The molecule has 2 fully saturated rings. The summed E-state index contributed by atoms with van der Waals surface area (Å²) < 4.78 is 10.9. The SMILES string of the molecule is COc1cc([C@H]2C3=CC[C@@H]4C(=O)N(Cc5ccccc5)C(=O)[C@@H]4[C@@H]3C[C@H]3C(=O)C(C)=C(C)C(=O)[C@@]23C)cc(OC)c1O. The molecule has 6 rings (SSSR count). The molecule has 1 heterocycles.